The lowest BCUT2D eigenvalue weighted by molar-refractivity contribution is 0.0929. The van der Waals surface area contributed by atoms with Gasteiger partial charge in [0.1, 0.15) is 5.82 Å². The molecule has 1 atom stereocenters. The van der Waals surface area contributed by atoms with Crippen LogP contribution in [0.25, 0.3) is 33.7 Å². The number of ketones is 1. The third kappa shape index (κ3) is 5.05. The predicted octanol–water partition coefficient (Wildman–Crippen LogP) is 7.45. The van der Waals surface area contributed by atoms with Crippen molar-refractivity contribution in [3.63, 3.8) is 0 Å². The molecule has 0 bridgehead atoms. The molecule has 0 radical (unpaired) electrons. The van der Waals surface area contributed by atoms with Crippen LogP contribution in [-0.4, -0.2) is 40.7 Å². The quantitative estimate of drug-likeness (QED) is 0.168. The van der Waals surface area contributed by atoms with Gasteiger partial charge in [0.05, 0.1) is 16.8 Å². The molecule has 6 rings (SSSR count). The number of fused-ring (bicyclic) bond motifs is 2. The molecular weight excluding hydrogens is 526 g/mol. The number of hydrogen-bond donors (Lipinski definition) is 1. The van der Waals surface area contributed by atoms with E-state index in [4.69, 9.17) is 14.6 Å². The van der Waals surface area contributed by atoms with E-state index in [1.165, 1.54) is 11.1 Å². The van der Waals surface area contributed by atoms with Crippen molar-refractivity contribution in [3.8, 4) is 22.5 Å². The van der Waals surface area contributed by atoms with Crippen molar-refractivity contribution in [1.29, 1.82) is 0 Å². The monoisotopic (exact) mass is 565 g/mol. The van der Waals surface area contributed by atoms with Crippen molar-refractivity contribution in [3.05, 3.63) is 64.7 Å². The number of aromatic amines is 1. The average molecular weight is 566 g/mol. The maximum Gasteiger partial charge on any atom is 0.294 e. The molecular formula is C33H39N7O2. The van der Waals surface area contributed by atoms with Crippen molar-refractivity contribution >= 4 is 16.9 Å². The summed E-state index contributed by atoms with van der Waals surface area (Å²) in [5, 5.41) is 8.80. The van der Waals surface area contributed by atoms with Gasteiger partial charge in [-0.1, -0.05) is 50.5 Å². The van der Waals surface area contributed by atoms with Crippen LogP contribution in [0.2, 0.25) is 0 Å². The normalized spacial score (nSPS) is 15.8. The summed E-state index contributed by atoms with van der Waals surface area (Å²) in [5.74, 6) is 1.49. The number of aromatic nitrogens is 7. The molecule has 42 heavy (non-hydrogen) atoms. The second-order valence-electron chi connectivity index (χ2n) is 12.9. The molecule has 1 N–H and O–H groups in total. The molecule has 1 aliphatic rings. The SMILES string of the molecule is Cc1nn(C(C)C)c(C)c1-c1nc2nccc(-c3ccc4c(c3)CCCCC4CC(=O)c3nc(C(C)(C)C)no3)c2[nH]1. The van der Waals surface area contributed by atoms with Gasteiger partial charge in [-0.2, -0.15) is 10.1 Å². The minimum absolute atomic E-state index is 0.0906. The molecule has 9 heteroatoms. The van der Waals surface area contributed by atoms with Crippen LogP contribution < -0.4 is 0 Å². The number of nitrogens with one attached hydrogen (secondary N) is 1. The number of carbonyl (C=O) groups is 1. The highest BCUT2D eigenvalue weighted by atomic mass is 16.5. The van der Waals surface area contributed by atoms with Gasteiger partial charge in [-0.15, -0.1) is 0 Å². The highest BCUT2D eigenvalue weighted by Gasteiger charge is 2.28. The first-order valence-electron chi connectivity index (χ1n) is 14.9. The summed E-state index contributed by atoms with van der Waals surface area (Å²) in [4.78, 5) is 30.6. The van der Waals surface area contributed by atoms with Crippen molar-refractivity contribution < 1.29 is 9.32 Å². The molecule has 5 aromatic rings. The Bertz CT molecular complexity index is 1780. The fraction of sp³-hybridized carbons (Fsp3) is 0.455. The Balaban J connectivity index is 1.32. The number of nitrogens with zero attached hydrogens (tertiary/aromatic N) is 6. The zero-order valence-corrected chi connectivity index (χ0v) is 25.6. The van der Waals surface area contributed by atoms with Crippen LogP contribution in [0.15, 0.2) is 35.0 Å². The van der Waals surface area contributed by atoms with E-state index in [2.05, 4.69) is 59.1 Å². The van der Waals surface area contributed by atoms with Gasteiger partial charge in [0.25, 0.3) is 5.89 Å². The van der Waals surface area contributed by atoms with Crippen LogP contribution in [0.3, 0.4) is 0 Å². The maximum atomic E-state index is 13.2. The summed E-state index contributed by atoms with van der Waals surface area (Å²) in [5.41, 5.74) is 9.09. The second kappa shape index (κ2) is 10.6. The molecule has 218 valence electrons. The molecule has 1 aromatic carbocycles. The zero-order chi connectivity index (χ0) is 29.8. The molecule has 0 amide bonds. The number of benzene rings is 1. The Kier molecular flexibility index (Phi) is 7.07. The van der Waals surface area contributed by atoms with Crippen LogP contribution in [-0.2, 0) is 11.8 Å². The largest absolute Gasteiger partial charge is 0.336 e. The lowest BCUT2D eigenvalue weighted by Crippen LogP contribution is -2.14. The highest BCUT2D eigenvalue weighted by molar-refractivity contribution is 5.93. The maximum absolute atomic E-state index is 13.2. The smallest absolute Gasteiger partial charge is 0.294 e. The minimum Gasteiger partial charge on any atom is -0.336 e. The Morgan fingerprint density at radius 1 is 1.14 bits per heavy atom. The van der Waals surface area contributed by atoms with Gasteiger partial charge in [0.15, 0.2) is 11.5 Å². The van der Waals surface area contributed by atoms with E-state index in [1.807, 2.05) is 44.6 Å². The van der Waals surface area contributed by atoms with E-state index in [9.17, 15) is 4.79 Å². The number of hydrogen-bond acceptors (Lipinski definition) is 7. The number of carbonyl (C=O) groups excluding carboxylic acids is 1. The number of rotatable bonds is 6. The van der Waals surface area contributed by atoms with Gasteiger partial charge in [-0.3, -0.25) is 9.48 Å². The van der Waals surface area contributed by atoms with Crippen LogP contribution in [0.4, 0.5) is 0 Å². The van der Waals surface area contributed by atoms with Gasteiger partial charge >= 0.3 is 0 Å². The first-order chi connectivity index (χ1) is 20.0. The summed E-state index contributed by atoms with van der Waals surface area (Å²) in [6.07, 6.45) is 6.30. The highest BCUT2D eigenvalue weighted by Crippen LogP contribution is 2.38. The Hall–Kier alpha value is -4.14. The van der Waals surface area contributed by atoms with E-state index in [1.54, 1.807) is 0 Å². The number of pyridine rings is 1. The van der Waals surface area contributed by atoms with Crippen LogP contribution in [0, 0.1) is 13.8 Å². The summed E-state index contributed by atoms with van der Waals surface area (Å²) < 4.78 is 7.41. The number of H-pyrrole nitrogens is 1. The summed E-state index contributed by atoms with van der Waals surface area (Å²) in [7, 11) is 0. The average Bonchev–Trinajstić information content (AvgIpc) is 3.64. The van der Waals surface area contributed by atoms with E-state index >= 15 is 0 Å². The molecule has 4 heterocycles. The predicted molar refractivity (Wildman–Crippen MR) is 163 cm³/mol. The first-order valence-corrected chi connectivity index (χ1v) is 14.9. The van der Waals surface area contributed by atoms with Gasteiger partial charge < -0.3 is 9.51 Å². The van der Waals surface area contributed by atoms with Crippen molar-refractivity contribution in [1.82, 2.24) is 34.9 Å². The lowest BCUT2D eigenvalue weighted by Gasteiger charge is -2.17. The Morgan fingerprint density at radius 3 is 2.67 bits per heavy atom. The van der Waals surface area contributed by atoms with E-state index < -0.39 is 0 Å². The number of aryl methyl sites for hydroxylation is 2. The molecule has 0 aliphatic heterocycles. The van der Waals surface area contributed by atoms with Gasteiger partial charge in [0, 0.05) is 35.3 Å². The van der Waals surface area contributed by atoms with E-state index in [0.29, 0.717) is 17.9 Å². The van der Waals surface area contributed by atoms with Crippen LogP contribution >= 0.6 is 0 Å². The van der Waals surface area contributed by atoms with Crippen molar-refractivity contribution in [2.75, 3.05) is 0 Å². The lowest BCUT2D eigenvalue weighted by atomic mass is 9.87. The Morgan fingerprint density at radius 2 is 1.95 bits per heavy atom. The van der Waals surface area contributed by atoms with Crippen LogP contribution in [0.1, 0.15) is 111 Å². The molecule has 0 fully saturated rings. The molecule has 1 aliphatic carbocycles. The second-order valence-corrected chi connectivity index (χ2v) is 12.9. The molecule has 0 saturated carbocycles. The molecule has 1 unspecified atom stereocenters. The van der Waals surface area contributed by atoms with E-state index in [-0.39, 0.29) is 29.0 Å². The van der Waals surface area contributed by atoms with Gasteiger partial charge in [0.2, 0.25) is 5.78 Å². The fourth-order valence-electron chi connectivity index (χ4n) is 6.19. The van der Waals surface area contributed by atoms with Gasteiger partial charge in [-0.05, 0) is 75.6 Å². The summed E-state index contributed by atoms with van der Waals surface area (Å²) >= 11 is 0. The van der Waals surface area contributed by atoms with Crippen molar-refractivity contribution in [2.24, 2.45) is 0 Å². The summed E-state index contributed by atoms with van der Waals surface area (Å²) in [6, 6.07) is 8.96. The molecule has 4 aromatic heterocycles. The number of imidazole rings is 1. The van der Waals surface area contributed by atoms with Crippen LogP contribution in [0.5, 0.6) is 0 Å². The summed E-state index contributed by atoms with van der Waals surface area (Å²) in [6.45, 7) is 14.4. The Labute approximate surface area is 246 Å². The molecule has 0 spiro atoms. The van der Waals surface area contributed by atoms with Gasteiger partial charge in [-0.25, -0.2) is 9.97 Å². The topological polar surface area (TPSA) is 115 Å². The zero-order valence-electron chi connectivity index (χ0n) is 25.6. The minimum atomic E-state index is -0.269. The van der Waals surface area contributed by atoms with Crippen molar-refractivity contribution in [2.45, 2.75) is 97.9 Å². The van der Waals surface area contributed by atoms with E-state index in [0.717, 1.165) is 65.1 Å². The third-order valence-electron chi connectivity index (χ3n) is 8.35. The fourth-order valence-corrected chi connectivity index (χ4v) is 6.19. The standard InChI is InChI=1S/C33H39N7O2/c1-18(2)40-20(4)27(19(3)38-40)29-35-28-25(14-15-34-30(28)36-29)23-12-13-24-21(16-23)10-8-9-11-22(24)17-26(41)31-37-32(39-42-31)33(5,6)7/h12-16,18,22H,8-11,17H2,1-7H3,(H,34,35,36). The molecule has 0 saturated heterocycles. The number of Topliss-reactive ketones (excluding diaryl/α,β-unsaturated/α-hetero) is 1. The third-order valence-corrected chi connectivity index (χ3v) is 8.35. The first kappa shape index (κ1) is 28.0. The molecule has 9 nitrogen and oxygen atoms in total.